The minimum atomic E-state index is 0.898. The Morgan fingerprint density at radius 2 is 0.359 bits per heavy atom. The van der Waals surface area contributed by atoms with Gasteiger partial charge in [-0.15, -0.1) is 0 Å². The zero-order chi connectivity index (χ0) is 42.9. The van der Waals surface area contributed by atoms with Crippen LogP contribution in [-0.2, 0) is 0 Å². The van der Waals surface area contributed by atoms with E-state index in [1.54, 1.807) is 0 Å². The molecule has 0 unspecified atom stereocenters. The number of para-hydroxylation sites is 6. The van der Waals surface area contributed by atoms with Gasteiger partial charge in [0.2, 0.25) is 0 Å². The summed E-state index contributed by atoms with van der Waals surface area (Å²) in [6, 6.07) is 100. The summed E-state index contributed by atoms with van der Waals surface area (Å²) >= 11 is 0. The van der Waals surface area contributed by atoms with Gasteiger partial charge in [-0.3, -0.25) is 0 Å². The van der Waals surface area contributed by atoms with Crippen LogP contribution in [0.15, 0.2) is 267 Å². The van der Waals surface area contributed by atoms with Crippen LogP contribution in [0.5, 0.6) is 0 Å². The highest BCUT2D eigenvalue weighted by atomic mass is 15.2. The van der Waals surface area contributed by atoms with Gasteiger partial charge in [0, 0.05) is 56.9 Å². The molecule has 0 saturated carbocycles. The lowest BCUT2D eigenvalue weighted by atomic mass is 10.0. The van der Waals surface area contributed by atoms with Crippen LogP contribution in [-0.4, -0.2) is 0 Å². The Labute approximate surface area is 376 Å². The van der Waals surface area contributed by atoms with Gasteiger partial charge >= 0.3 is 0 Å². The lowest BCUT2D eigenvalue weighted by molar-refractivity contribution is 1.25. The molecular formula is C60H44N4. The molecule has 0 aliphatic heterocycles. The zero-order valence-electron chi connectivity index (χ0n) is 35.2. The fraction of sp³-hybridized carbons (Fsp3) is 0. The molecule has 64 heavy (non-hydrogen) atoms. The second-order valence-electron chi connectivity index (χ2n) is 15.3. The van der Waals surface area contributed by atoms with E-state index in [4.69, 9.17) is 0 Å². The highest BCUT2D eigenvalue weighted by Crippen LogP contribution is 2.41. The minimum absolute atomic E-state index is 0.898. The molecule has 4 nitrogen and oxygen atoms in total. The van der Waals surface area contributed by atoms with Crippen LogP contribution < -0.4 is 19.6 Å². The summed E-state index contributed by atoms with van der Waals surface area (Å²) in [6.45, 7) is 0. The zero-order valence-corrected chi connectivity index (χ0v) is 35.2. The molecule has 0 fully saturated rings. The maximum absolute atomic E-state index is 3.52. The molecule has 0 atom stereocenters. The Balaban J connectivity index is 0.932. The van der Waals surface area contributed by atoms with Crippen molar-refractivity contribution in [1.29, 1.82) is 0 Å². The number of anilines is 12. The van der Waals surface area contributed by atoms with Crippen molar-refractivity contribution in [2.45, 2.75) is 0 Å². The van der Waals surface area contributed by atoms with Gasteiger partial charge in [-0.25, -0.2) is 0 Å². The number of hydrogen-bond acceptors (Lipinski definition) is 4. The van der Waals surface area contributed by atoms with Gasteiger partial charge in [-0.1, -0.05) is 133 Å². The van der Waals surface area contributed by atoms with E-state index in [9.17, 15) is 0 Å². The van der Waals surface area contributed by atoms with Crippen LogP contribution in [0.1, 0.15) is 0 Å². The molecule has 0 amide bonds. The third-order valence-corrected chi connectivity index (χ3v) is 11.2. The predicted molar refractivity (Wildman–Crippen MR) is 268 cm³/mol. The first-order valence-corrected chi connectivity index (χ1v) is 21.5. The van der Waals surface area contributed by atoms with Crippen molar-refractivity contribution in [2.24, 2.45) is 0 Å². The highest BCUT2D eigenvalue weighted by molar-refractivity contribution is 5.84. The van der Waals surface area contributed by atoms with Crippen molar-refractivity contribution >= 4 is 68.2 Å². The molecule has 4 heteroatoms. The van der Waals surface area contributed by atoms with Gasteiger partial charge < -0.3 is 19.6 Å². The maximum Gasteiger partial charge on any atom is 0.0975 e. The molecule has 0 aliphatic carbocycles. The summed E-state index contributed by atoms with van der Waals surface area (Å²) in [6.07, 6.45) is 0. The van der Waals surface area contributed by atoms with Crippen LogP contribution >= 0.6 is 0 Å². The standard InChI is InChI=1S/C60H44N4/c1-7-19-49(20-8-1)61(50-21-9-2-10-22-50)57-39-43-59(44-40-57)63(53-27-15-5-16-28-53)55-35-31-47(32-36-55)48-33-37-56(38-34-48)64(54-29-17-6-18-30-54)60-45-41-58(42-46-60)62(51-23-11-3-12-24-51)52-25-13-4-14-26-52/h1-41,43-45H. The normalized spacial score (nSPS) is 10.7. The number of hydrogen-bond donors (Lipinski definition) is 0. The number of nitrogens with zero attached hydrogens (tertiary/aromatic N) is 4. The molecule has 10 rings (SSSR count). The molecule has 0 N–H and O–H groups in total. The van der Waals surface area contributed by atoms with E-state index in [0.717, 1.165) is 79.4 Å². The Hall–Kier alpha value is -8.78. The van der Waals surface area contributed by atoms with Gasteiger partial charge in [0.25, 0.3) is 0 Å². The summed E-state index contributed by atoms with van der Waals surface area (Å²) in [4.78, 5) is 9.02. The fourth-order valence-corrected chi connectivity index (χ4v) is 8.20. The first-order valence-electron chi connectivity index (χ1n) is 21.5. The largest absolute Gasteiger partial charge is 0.311 e. The van der Waals surface area contributed by atoms with E-state index in [0.29, 0.717) is 0 Å². The van der Waals surface area contributed by atoms with Crippen molar-refractivity contribution in [3.05, 3.63) is 279 Å². The highest BCUT2D eigenvalue weighted by Gasteiger charge is 2.18. The van der Waals surface area contributed by atoms with E-state index < -0.39 is 0 Å². The van der Waals surface area contributed by atoms with E-state index in [1.807, 2.05) is 18.2 Å². The van der Waals surface area contributed by atoms with Gasteiger partial charge in [-0.05, 0) is 157 Å². The summed E-state index contributed by atoms with van der Waals surface area (Å²) in [7, 11) is 0. The molecule has 0 spiro atoms. The van der Waals surface area contributed by atoms with E-state index in [-0.39, 0.29) is 0 Å². The Bertz CT molecular complexity index is 2690. The van der Waals surface area contributed by atoms with Gasteiger partial charge in [0.05, 0.1) is 11.4 Å². The average molecular weight is 821 g/mol. The first-order chi connectivity index (χ1) is 31.8. The Morgan fingerprint density at radius 1 is 0.172 bits per heavy atom. The molecule has 0 radical (unpaired) electrons. The van der Waals surface area contributed by atoms with Crippen molar-refractivity contribution in [2.75, 3.05) is 19.6 Å². The lowest BCUT2D eigenvalue weighted by Crippen LogP contribution is -2.12. The molecule has 10 aromatic rings. The SMILES string of the molecule is c1c(N(c2ccccc2)c2ccccc2)ccc(N(c2ccccc2)c2ccc(-c3ccc(N(c4ccccc4)c4ccc(N(c5ccccc5)c5ccccc5)cc4)cc3)cc2)c#1. The van der Waals surface area contributed by atoms with E-state index in [1.165, 1.54) is 0 Å². The topological polar surface area (TPSA) is 13.0 Å². The Morgan fingerprint density at radius 3 is 0.594 bits per heavy atom. The molecule has 0 bridgehead atoms. The van der Waals surface area contributed by atoms with Crippen LogP contribution in [0.2, 0.25) is 0 Å². The Kier molecular flexibility index (Phi) is 11.4. The van der Waals surface area contributed by atoms with Crippen molar-refractivity contribution in [3.63, 3.8) is 0 Å². The quantitative estimate of drug-likeness (QED) is 0.115. The van der Waals surface area contributed by atoms with Crippen molar-refractivity contribution < 1.29 is 0 Å². The third kappa shape index (κ3) is 8.43. The monoisotopic (exact) mass is 820 g/mol. The summed E-state index contributed by atoms with van der Waals surface area (Å²) in [5.41, 5.74) is 14.8. The molecule has 0 saturated heterocycles. The maximum atomic E-state index is 3.52. The second kappa shape index (κ2) is 18.5. The summed E-state index contributed by atoms with van der Waals surface area (Å²) in [5.74, 6) is 0. The van der Waals surface area contributed by atoms with Gasteiger partial charge in [0.15, 0.2) is 0 Å². The van der Waals surface area contributed by atoms with Crippen LogP contribution in [0.4, 0.5) is 68.2 Å². The lowest BCUT2D eigenvalue weighted by Gasteiger charge is -2.28. The molecule has 0 heterocycles. The van der Waals surface area contributed by atoms with Gasteiger partial charge in [0.1, 0.15) is 0 Å². The average Bonchev–Trinajstić information content (AvgIpc) is 3.38. The minimum Gasteiger partial charge on any atom is -0.311 e. The van der Waals surface area contributed by atoms with Crippen molar-refractivity contribution in [1.82, 2.24) is 0 Å². The predicted octanol–water partition coefficient (Wildman–Crippen LogP) is 16.8. The van der Waals surface area contributed by atoms with Crippen LogP contribution in [0, 0.1) is 12.1 Å². The number of benzene rings is 9. The number of rotatable bonds is 13. The smallest absolute Gasteiger partial charge is 0.0975 e. The molecule has 0 aliphatic rings. The van der Waals surface area contributed by atoms with Gasteiger partial charge in [-0.2, -0.15) is 0 Å². The summed E-state index contributed by atoms with van der Waals surface area (Å²) in [5, 5.41) is 0. The van der Waals surface area contributed by atoms with E-state index in [2.05, 4.69) is 280 Å². The molecule has 0 aromatic heterocycles. The first kappa shape index (κ1) is 39.4. The second-order valence-corrected chi connectivity index (χ2v) is 15.3. The molecule has 10 aromatic carbocycles. The van der Waals surface area contributed by atoms with Crippen molar-refractivity contribution in [3.8, 4) is 11.1 Å². The summed E-state index contributed by atoms with van der Waals surface area (Å²) < 4.78 is 0. The molecule has 304 valence electrons. The van der Waals surface area contributed by atoms with Crippen LogP contribution in [0.3, 0.4) is 0 Å². The van der Waals surface area contributed by atoms with E-state index >= 15 is 0 Å². The van der Waals surface area contributed by atoms with Crippen LogP contribution in [0.25, 0.3) is 11.1 Å². The molecular weight excluding hydrogens is 777 g/mol. The fourth-order valence-electron chi connectivity index (χ4n) is 8.20. The third-order valence-electron chi connectivity index (χ3n) is 11.2.